The topological polar surface area (TPSA) is 26.3 Å². The summed E-state index contributed by atoms with van der Waals surface area (Å²) in [4.78, 5) is 11.0. The van der Waals surface area contributed by atoms with Gasteiger partial charge >= 0.3 is 12.1 Å². The van der Waals surface area contributed by atoms with E-state index in [1.54, 1.807) is 0 Å². The zero-order chi connectivity index (χ0) is 12.5. The molecule has 0 saturated heterocycles. The van der Waals surface area contributed by atoms with E-state index in [2.05, 4.69) is 4.74 Å². The summed E-state index contributed by atoms with van der Waals surface area (Å²) in [6.07, 6.45) is -4.76. The predicted octanol–water partition coefficient (Wildman–Crippen LogP) is 3.28. The SMILES string of the molecule is COC(=O)c1cc(C(F)(F)F)cc(F)c1Cl. The molecule has 1 aromatic rings. The van der Waals surface area contributed by atoms with Crippen LogP contribution in [0.5, 0.6) is 0 Å². The monoisotopic (exact) mass is 256 g/mol. The third-order valence-corrected chi connectivity index (χ3v) is 2.14. The number of methoxy groups -OCH3 is 1. The highest BCUT2D eigenvalue weighted by molar-refractivity contribution is 6.33. The fraction of sp³-hybridized carbons (Fsp3) is 0.222. The van der Waals surface area contributed by atoms with Crippen molar-refractivity contribution in [3.05, 3.63) is 34.1 Å². The summed E-state index contributed by atoms with van der Waals surface area (Å²) in [7, 11) is 0.955. The maximum Gasteiger partial charge on any atom is 0.416 e. The molecule has 0 atom stereocenters. The van der Waals surface area contributed by atoms with Crippen LogP contribution in [0, 0.1) is 5.82 Å². The Morgan fingerprint density at radius 1 is 1.38 bits per heavy atom. The van der Waals surface area contributed by atoms with Crippen LogP contribution in [0.1, 0.15) is 15.9 Å². The molecule has 0 saturated carbocycles. The lowest BCUT2D eigenvalue weighted by atomic mass is 10.1. The highest BCUT2D eigenvalue weighted by Crippen LogP contribution is 2.33. The molecular weight excluding hydrogens is 252 g/mol. The summed E-state index contributed by atoms with van der Waals surface area (Å²) >= 11 is 5.35. The molecule has 0 aliphatic rings. The first-order chi connectivity index (χ1) is 7.27. The van der Waals surface area contributed by atoms with Gasteiger partial charge in [0.1, 0.15) is 5.82 Å². The molecule has 0 aromatic heterocycles. The van der Waals surface area contributed by atoms with Crippen LogP contribution in [0.2, 0.25) is 5.02 Å². The van der Waals surface area contributed by atoms with Gasteiger partial charge in [0, 0.05) is 0 Å². The number of esters is 1. The van der Waals surface area contributed by atoms with Crippen molar-refractivity contribution in [3.8, 4) is 0 Å². The van der Waals surface area contributed by atoms with Gasteiger partial charge in [-0.25, -0.2) is 9.18 Å². The number of rotatable bonds is 1. The Kier molecular flexibility index (Phi) is 3.42. The van der Waals surface area contributed by atoms with Crippen LogP contribution in [0.15, 0.2) is 12.1 Å². The van der Waals surface area contributed by atoms with Crippen LogP contribution in [-0.4, -0.2) is 13.1 Å². The van der Waals surface area contributed by atoms with E-state index >= 15 is 0 Å². The van der Waals surface area contributed by atoms with Crippen molar-refractivity contribution in [1.82, 2.24) is 0 Å². The lowest BCUT2D eigenvalue weighted by molar-refractivity contribution is -0.137. The van der Waals surface area contributed by atoms with Crippen molar-refractivity contribution >= 4 is 17.6 Å². The second kappa shape index (κ2) is 4.29. The van der Waals surface area contributed by atoms with Gasteiger partial charge in [0.2, 0.25) is 0 Å². The van der Waals surface area contributed by atoms with E-state index < -0.39 is 34.1 Å². The minimum absolute atomic E-state index is 0.217. The summed E-state index contributed by atoms with van der Waals surface area (Å²) in [5, 5.41) is -0.695. The molecule has 0 unspecified atom stereocenters. The Balaban J connectivity index is 3.39. The molecule has 0 aliphatic carbocycles. The smallest absolute Gasteiger partial charge is 0.416 e. The first-order valence-electron chi connectivity index (χ1n) is 3.92. The third-order valence-electron chi connectivity index (χ3n) is 1.76. The average molecular weight is 257 g/mol. The minimum Gasteiger partial charge on any atom is -0.465 e. The highest BCUT2D eigenvalue weighted by Gasteiger charge is 2.33. The van der Waals surface area contributed by atoms with E-state index in [0.717, 1.165) is 7.11 Å². The predicted molar refractivity (Wildman–Crippen MR) is 47.8 cm³/mol. The Morgan fingerprint density at radius 2 is 1.94 bits per heavy atom. The van der Waals surface area contributed by atoms with Gasteiger partial charge in [-0.15, -0.1) is 0 Å². The number of halogens is 5. The molecule has 1 rings (SSSR count). The maximum absolute atomic E-state index is 13.0. The van der Waals surface area contributed by atoms with Crippen LogP contribution in [0.4, 0.5) is 17.6 Å². The van der Waals surface area contributed by atoms with Crippen molar-refractivity contribution in [2.24, 2.45) is 0 Å². The van der Waals surface area contributed by atoms with Gasteiger partial charge in [-0.05, 0) is 12.1 Å². The van der Waals surface area contributed by atoms with Gasteiger partial charge in [0.15, 0.2) is 0 Å². The number of carbonyl (C=O) groups excluding carboxylic acids is 1. The number of hydrogen-bond acceptors (Lipinski definition) is 2. The number of ether oxygens (including phenoxy) is 1. The molecule has 0 radical (unpaired) electrons. The molecule has 7 heteroatoms. The first kappa shape index (κ1) is 12.8. The lowest BCUT2D eigenvalue weighted by Crippen LogP contribution is -2.10. The van der Waals surface area contributed by atoms with E-state index in [1.165, 1.54) is 0 Å². The van der Waals surface area contributed by atoms with Gasteiger partial charge in [0.05, 0.1) is 23.3 Å². The molecule has 2 nitrogen and oxygen atoms in total. The number of benzene rings is 1. The number of carbonyl (C=O) groups is 1. The molecule has 0 N–H and O–H groups in total. The van der Waals surface area contributed by atoms with Gasteiger partial charge < -0.3 is 4.74 Å². The summed E-state index contributed by atoms with van der Waals surface area (Å²) < 4.78 is 54.1. The lowest BCUT2D eigenvalue weighted by Gasteiger charge is -2.10. The van der Waals surface area contributed by atoms with Crippen LogP contribution in [0.25, 0.3) is 0 Å². The van der Waals surface area contributed by atoms with Gasteiger partial charge in [0.25, 0.3) is 0 Å². The molecule has 0 spiro atoms. The van der Waals surface area contributed by atoms with Crippen molar-refractivity contribution in [2.45, 2.75) is 6.18 Å². The van der Waals surface area contributed by atoms with E-state index in [-0.39, 0.29) is 6.07 Å². The summed E-state index contributed by atoms with van der Waals surface area (Å²) in [6.45, 7) is 0. The molecule has 0 bridgehead atoms. The van der Waals surface area contributed by atoms with E-state index in [0.29, 0.717) is 6.07 Å². The van der Waals surface area contributed by atoms with Crippen molar-refractivity contribution in [2.75, 3.05) is 7.11 Å². The Hall–Kier alpha value is -1.30. The Morgan fingerprint density at radius 3 is 2.38 bits per heavy atom. The molecule has 88 valence electrons. The van der Waals surface area contributed by atoms with Gasteiger partial charge in [-0.3, -0.25) is 0 Å². The van der Waals surface area contributed by atoms with Crippen LogP contribution in [0.3, 0.4) is 0 Å². The maximum atomic E-state index is 13.0. The zero-order valence-corrected chi connectivity index (χ0v) is 8.62. The first-order valence-corrected chi connectivity index (χ1v) is 4.29. The Labute approximate surface area is 92.8 Å². The standard InChI is InChI=1S/C9H5ClF4O2/c1-16-8(15)5-2-4(9(12,13)14)3-6(11)7(5)10/h2-3H,1H3. The molecule has 0 heterocycles. The summed E-state index contributed by atoms with van der Waals surface area (Å²) in [5.41, 5.74) is -1.95. The Bertz CT molecular complexity index is 428. The molecule has 0 aliphatic heterocycles. The number of alkyl halides is 3. The number of hydrogen-bond donors (Lipinski definition) is 0. The van der Waals surface area contributed by atoms with Crippen LogP contribution in [-0.2, 0) is 10.9 Å². The molecule has 0 amide bonds. The normalized spacial score (nSPS) is 11.4. The van der Waals surface area contributed by atoms with Gasteiger partial charge in [-0.2, -0.15) is 13.2 Å². The second-order valence-electron chi connectivity index (χ2n) is 2.81. The van der Waals surface area contributed by atoms with Crippen molar-refractivity contribution < 1.29 is 27.1 Å². The molecule has 1 aromatic carbocycles. The summed E-state index contributed by atoms with van der Waals surface area (Å²) in [5.74, 6) is -2.45. The average Bonchev–Trinajstić information content (AvgIpc) is 2.19. The van der Waals surface area contributed by atoms with Crippen molar-refractivity contribution in [3.63, 3.8) is 0 Å². The van der Waals surface area contributed by atoms with Crippen LogP contribution >= 0.6 is 11.6 Å². The zero-order valence-electron chi connectivity index (χ0n) is 7.86. The van der Waals surface area contributed by atoms with Crippen molar-refractivity contribution in [1.29, 1.82) is 0 Å². The highest BCUT2D eigenvalue weighted by atomic mass is 35.5. The molecule has 16 heavy (non-hydrogen) atoms. The van der Waals surface area contributed by atoms with Gasteiger partial charge in [-0.1, -0.05) is 11.6 Å². The molecule has 0 fully saturated rings. The molecular formula is C9H5ClF4O2. The minimum atomic E-state index is -4.76. The summed E-state index contributed by atoms with van der Waals surface area (Å²) in [6, 6.07) is 0.659. The fourth-order valence-corrected chi connectivity index (χ4v) is 1.20. The second-order valence-corrected chi connectivity index (χ2v) is 3.19. The quantitative estimate of drug-likeness (QED) is 0.569. The third kappa shape index (κ3) is 2.44. The fourth-order valence-electron chi connectivity index (χ4n) is 1.01. The van der Waals surface area contributed by atoms with Crippen LogP contribution < -0.4 is 0 Å². The van der Waals surface area contributed by atoms with E-state index in [4.69, 9.17) is 11.6 Å². The largest absolute Gasteiger partial charge is 0.465 e. The van der Waals surface area contributed by atoms with E-state index in [1.807, 2.05) is 0 Å². The van der Waals surface area contributed by atoms with E-state index in [9.17, 15) is 22.4 Å².